The Kier molecular flexibility index (Phi) is 4.14. The van der Waals surface area contributed by atoms with Gasteiger partial charge in [-0.2, -0.15) is 0 Å². The van der Waals surface area contributed by atoms with Crippen LogP contribution in [0.2, 0.25) is 0 Å². The van der Waals surface area contributed by atoms with E-state index in [2.05, 4.69) is 19.2 Å². The minimum Gasteiger partial charge on any atom is -0.334 e. The van der Waals surface area contributed by atoms with Crippen molar-refractivity contribution in [2.75, 3.05) is 19.6 Å². The molecule has 14 heavy (non-hydrogen) atoms. The first-order chi connectivity index (χ1) is 6.66. The minimum atomic E-state index is 0.195. The van der Waals surface area contributed by atoms with Gasteiger partial charge >= 0.3 is 0 Å². The summed E-state index contributed by atoms with van der Waals surface area (Å²) in [4.78, 5) is 13.9. The number of piperazine rings is 1. The molecular formula is C11H20N2O. The largest absolute Gasteiger partial charge is 0.334 e. The Hall–Kier alpha value is -0.830. The third-order valence-electron chi connectivity index (χ3n) is 2.61. The second-order valence-electron chi connectivity index (χ2n) is 3.85. The third-order valence-corrected chi connectivity index (χ3v) is 2.61. The van der Waals surface area contributed by atoms with E-state index in [1.807, 2.05) is 17.9 Å². The van der Waals surface area contributed by atoms with Crippen LogP contribution >= 0.6 is 0 Å². The Bertz CT molecular complexity index is 235. The van der Waals surface area contributed by atoms with Crippen molar-refractivity contribution < 1.29 is 4.79 Å². The highest BCUT2D eigenvalue weighted by Crippen LogP contribution is 2.08. The fourth-order valence-electron chi connectivity index (χ4n) is 1.76. The quantitative estimate of drug-likeness (QED) is 0.672. The van der Waals surface area contributed by atoms with E-state index in [0.717, 1.165) is 31.6 Å². The van der Waals surface area contributed by atoms with Crippen LogP contribution < -0.4 is 5.32 Å². The predicted octanol–water partition coefficient (Wildman–Crippen LogP) is 1.16. The van der Waals surface area contributed by atoms with Crippen molar-refractivity contribution in [3.63, 3.8) is 0 Å². The molecule has 1 aliphatic rings. The third kappa shape index (κ3) is 2.58. The number of carbonyl (C=O) groups excluding carboxylic acids is 1. The lowest BCUT2D eigenvalue weighted by molar-refractivity contribution is -0.129. The maximum atomic E-state index is 11.9. The first-order valence-electron chi connectivity index (χ1n) is 5.35. The molecule has 0 aromatic rings. The molecule has 0 spiro atoms. The Labute approximate surface area is 86.2 Å². The molecule has 0 aliphatic carbocycles. The van der Waals surface area contributed by atoms with Crippen LogP contribution in [-0.2, 0) is 4.79 Å². The smallest absolute Gasteiger partial charge is 0.249 e. The zero-order valence-corrected chi connectivity index (χ0v) is 9.34. The van der Waals surface area contributed by atoms with Gasteiger partial charge < -0.3 is 10.2 Å². The second kappa shape index (κ2) is 5.15. The molecule has 3 nitrogen and oxygen atoms in total. The molecule has 0 aromatic heterocycles. The van der Waals surface area contributed by atoms with E-state index in [0.29, 0.717) is 6.04 Å². The van der Waals surface area contributed by atoms with Gasteiger partial charge in [0.05, 0.1) is 0 Å². The van der Waals surface area contributed by atoms with Crippen LogP contribution in [0.1, 0.15) is 27.2 Å². The molecule has 1 atom stereocenters. The molecule has 0 aromatic carbocycles. The lowest BCUT2D eigenvalue weighted by atomic mass is 10.1. The number of hydrogen-bond donors (Lipinski definition) is 1. The van der Waals surface area contributed by atoms with Gasteiger partial charge in [0.25, 0.3) is 0 Å². The van der Waals surface area contributed by atoms with E-state index in [9.17, 15) is 4.79 Å². The van der Waals surface area contributed by atoms with Gasteiger partial charge in [-0.3, -0.25) is 4.79 Å². The number of amides is 1. The molecule has 0 bridgehead atoms. The molecule has 1 rings (SSSR count). The van der Waals surface area contributed by atoms with Crippen LogP contribution in [0.5, 0.6) is 0 Å². The predicted molar refractivity (Wildman–Crippen MR) is 58.1 cm³/mol. The van der Waals surface area contributed by atoms with Crippen LogP contribution in [-0.4, -0.2) is 36.5 Å². The number of hydrogen-bond acceptors (Lipinski definition) is 2. The highest BCUT2D eigenvalue weighted by Gasteiger charge is 2.23. The van der Waals surface area contributed by atoms with Crippen LogP contribution in [0.4, 0.5) is 0 Å². The van der Waals surface area contributed by atoms with Gasteiger partial charge in [0.1, 0.15) is 0 Å². The average Bonchev–Trinajstić information content (AvgIpc) is 2.18. The molecule has 0 saturated carbocycles. The van der Waals surface area contributed by atoms with Crippen LogP contribution in [0.15, 0.2) is 11.6 Å². The van der Waals surface area contributed by atoms with Crippen LogP contribution in [0, 0.1) is 0 Å². The molecule has 1 saturated heterocycles. The maximum absolute atomic E-state index is 11.9. The molecule has 1 fully saturated rings. The van der Waals surface area contributed by atoms with Crippen molar-refractivity contribution in [1.82, 2.24) is 10.2 Å². The van der Waals surface area contributed by atoms with Gasteiger partial charge in [-0.05, 0) is 20.3 Å². The number of nitrogens with zero attached hydrogens (tertiary/aromatic N) is 1. The number of rotatable bonds is 2. The summed E-state index contributed by atoms with van der Waals surface area (Å²) in [6.45, 7) is 8.69. The monoisotopic (exact) mass is 196 g/mol. The summed E-state index contributed by atoms with van der Waals surface area (Å²) in [5.74, 6) is 0.195. The van der Waals surface area contributed by atoms with E-state index in [-0.39, 0.29) is 5.91 Å². The van der Waals surface area contributed by atoms with Crippen molar-refractivity contribution in [3.05, 3.63) is 11.6 Å². The Balaban J connectivity index is 2.62. The second-order valence-corrected chi connectivity index (χ2v) is 3.85. The maximum Gasteiger partial charge on any atom is 0.249 e. The SMILES string of the molecule is CC/C=C(/C)C(=O)N1CCNC[C@@H]1C. The van der Waals surface area contributed by atoms with Gasteiger partial charge in [-0.1, -0.05) is 13.0 Å². The highest BCUT2D eigenvalue weighted by atomic mass is 16.2. The van der Waals surface area contributed by atoms with Gasteiger partial charge in [-0.15, -0.1) is 0 Å². The molecule has 0 radical (unpaired) electrons. The fourth-order valence-corrected chi connectivity index (χ4v) is 1.76. The standard InChI is InChI=1S/C11H20N2O/c1-4-5-9(2)11(14)13-7-6-12-8-10(13)3/h5,10,12H,4,6-8H2,1-3H3/b9-5-/t10-/m0/s1. The molecule has 0 unspecified atom stereocenters. The molecule has 80 valence electrons. The Morgan fingerprint density at radius 1 is 1.64 bits per heavy atom. The van der Waals surface area contributed by atoms with E-state index in [1.165, 1.54) is 0 Å². The minimum absolute atomic E-state index is 0.195. The van der Waals surface area contributed by atoms with E-state index in [1.54, 1.807) is 0 Å². The van der Waals surface area contributed by atoms with E-state index < -0.39 is 0 Å². The molecular weight excluding hydrogens is 176 g/mol. The lowest BCUT2D eigenvalue weighted by Gasteiger charge is -2.34. The zero-order valence-electron chi connectivity index (χ0n) is 9.34. The number of nitrogens with one attached hydrogen (secondary N) is 1. The van der Waals surface area contributed by atoms with Crippen molar-refractivity contribution in [2.24, 2.45) is 0 Å². The molecule has 1 aliphatic heterocycles. The van der Waals surface area contributed by atoms with Crippen LogP contribution in [0.3, 0.4) is 0 Å². The number of allylic oxidation sites excluding steroid dienone is 1. The van der Waals surface area contributed by atoms with Crippen molar-refractivity contribution in [1.29, 1.82) is 0 Å². The molecule has 3 heteroatoms. The Morgan fingerprint density at radius 3 is 2.93 bits per heavy atom. The summed E-state index contributed by atoms with van der Waals surface area (Å²) in [5, 5.41) is 3.28. The fraction of sp³-hybridized carbons (Fsp3) is 0.727. The zero-order chi connectivity index (χ0) is 10.6. The van der Waals surface area contributed by atoms with Gasteiger partial charge in [-0.25, -0.2) is 0 Å². The van der Waals surface area contributed by atoms with Crippen LogP contribution in [0.25, 0.3) is 0 Å². The normalized spacial score (nSPS) is 23.8. The summed E-state index contributed by atoms with van der Waals surface area (Å²) in [6.07, 6.45) is 2.93. The first kappa shape index (κ1) is 11.2. The summed E-state index contributed by atoms with van der Waals surface area (Å²) in [5.41, 5.74) is 0.876. The van der Waals surface area contributed by atoms with Crippen molar-refractivity contribution >= 4 is 5.91 Å². The molecule has 1 heterocycles. The van der Waals surface area contributed by atoms with Crippen molar-refractivity contribution in [2.45, 2.75) is 33.2 Å². The molecule has 1 N–H and O–H groups in total. The van der Waals surface area contributed by atoms with Gasteiger partial charge in [0.2, 0.25) is 5.91 Å². The number of carbonyl (C=O) groups is 1. The van der Waals surface area contributed by atoms with Gasteiger partial charge in [0.15, 0.2) is 0 Å². The Morgan fingerprint density at radius 2 is 2.36 bits per heavy atom. The first-order valence-corrected chi connectivity index (χ1v) is 5.35. The van der Waals surface area contributed by atoms with Gasteiger partial charge in [0, 0.05) is 31.2 Å². The van der Waals surface area contributed by atoms with Crippen molar-refractivity contribution in [3.8, 4) is 0 Å². The lowest BCUT2D eigenvalue weighted by Crippen LogP contribution is -2.52. The summed E-state index contributed by atoms with van der Waals surface area (Å²) in [6, 6.07) is 0.316. The average molecular weight is 196 g/mol. The molecule has 1 amide bonds. The summed E-state index contributed by atoms with van der Waals surface area (Å²) >= 11 is 0. The summed E-state index contributed by atoms with van der Waals surface area (Å²) < 4.78 is 0. The van der Waals surface area contributed by atoms with E-state index >= 15 is 0 Å². The summed E-state index contributed by atoms with van der Waals surface area (Å²) in [7, 11) is 0. The topological polar surface area (TPSA) is 32.3 Å². The van der Waals surface area contributed by atoms with E-state index in [4.69, 9.17) is 0 Å². The highest BCUT2D eigenvalue weighted by molar-refractivity contribution is 5.93.